The lowest BCUT2D eigenvalue weighted by molar-refractivity contribution is 0.546. The summed E-state index contributed by atoms with van der Waals surface area (Å²) in [5, 5.41) is 7.19. The topological polar surface area (TPSA) is 132 Å². The van der Waals surface area contributed by atoms with Crippen molar-refractivity contribution in [1.29, 1.82) is 0 Å². The molecule has 2 bridgehead atoms. The summed E-state index contributed by atoms with van der Waals surface area (Å²) in [5.74, 6) is 4.61. The molecule has 12 heteroatoms. The minimum Gasteiger partial charge on any atom is -0.446 e. The van der Waals surface area contributed by atoms with Crippen molar-refractivity contribution in [2.45, 2.75) is 58.8 Å². The van der Waals surface area contributed by atoms with Crippen LogP contribution in [0.3, 0.4) is 0 Å². The van der Waals surface area contributed by atoms with Gasteiger partial charge in [0.1, 0.15) is 29.5 Å². The van der Waals surface area contributed by atoms with Gasteiger partial charge >= 0.3 is 0 Å². The Kier molecular flexibility index (Phi) is 9.16. The number of furan rings is 2. The predicted octanol–water partition coefficient (Wildman–Crippen LogP) is 9.99. The fourth-order valence-electron chi connectivity index (χ4n) is 8.35. The molecule has 0 aliphatic carbocycles. The van der Waals surface area contributed by atoms with Crippen molar-refractivity contribution in [2.75, 3.05) is 46.6 Å². The number of nitrogens with one attached hydrogen (secondary N) is 2. The first kappa shape index (κ1) is 35.0. The number of hydrogen-bond acceptors (Lipinski definition) is 12. The Balaban J connectivity index is 1.12. The quantitative estimate of drug-likeness (QED) is 0.152. The molecule has 5 aromatic rings. The molecule has 8 heterocycles. The zero-order valence-corrected chi connectivity index (χ0v) is 32.3. The number of rotatable bonds is 9. The Labute approximate surface area is 331 Å². The number of amidine groups is 3. The molecule has 12 nitrogen and oxygen atoms in total. The summed E-state index contributed by atoms with van der Waals surface area (Å²) in [7, 11) is 0. The van der Waals surface area contributed by atoms with Crippen molar-refractivity contribution < 1.29 is 13.3 Å². The van der Waals surface area contributed by atoms with Gasteiger partial charge < -0.3 is 33.7 Å². The maximum atomic E-state index is 6.03. The predicted molar refractivity (Wildman–Crippen MR) is 227 cm³/mol. The van der Waals surface area contributed by atoms with Crippen LogP contribution in [0, 0.1) is 19.8 Å². The van der Waals surface area contributed by atoms with Crippen molar-refractivity contribution in [1.82, 2.24) is 4.98 Å². The lowest BCUT2D eigenvalue weighted by atomic mass is 9.96. The lowest BCUT2D eigenvalue weighted by Gasteiger charge is -2.29. The number of aryl methyl sites for hydroxylation is 2. The van der Waals surface area contributed by atoms with Gasteiger partial charge in [0.05, 0.1) is 34.9 Å². The molecule has 1 atom stereocenters. The Morgan fingerprint density at radius 3 is 1.84 bits per heavy atom. The van der Waals surface area contributed by atoms with E-state index in [1.807, 2.05) is 38.1 Å². The van der Waals surface area contributed by atoms with E-state index < -0.39 is 0 Å². The molecule has 2 fully saturated rings. The highest BCUT2D eigenvalue weighted by Crippen LogP contribution is 2.39. The first-order chi connectivity index (χ1) is 28.0. The van der Waals surface area contributed by atoms with Crippen LogP contribution >= 0.6 is 0 Å². The van der Waals surface area contributed by atoms with E-state index in [0.717, 1.165) is 77.2 Å². The van der Waals surface area contributed by atoms with E-state index in [-0.39, 0.29) is 5.92 Å². The van der Waals surface area contributed by atoms with E-state index in [0.29, 0.717) is 41.6 Å². The summed E-state index contributed by atoms with van der Waals surface area (Å²) < 4.78 is 17.8. The number of oxazole rings is 1. The number of aliphatic imine (C=N–C) groups is 4. The van der Waals surface area contributed by atoms with Gasteiger partial charge in [0.15, 0.2) is 11.8 Å². The monoisotopic (exact) mass is 759 g/mol. The number of piperidine rings is 2. The number of hydrogen-bond donors (Lipinski definition) is 2. The third kappa shape index (κ3) is 7.23. The van der Waals surface area contributed by atoms with Gasteiger partial charge in [-0.1, -0.05) is 0 Å². The minimum absolute atomic E-state index is 0.283. The Morgan fingerprint density at radius 2 is 1.25 bits per heavy atom. The molecular formula is C45H45N9O3. The summed E-state index contributed by atoms with van der Waals surface area (Å²) in [6.45, 7) is 8.06. The zero-order chi connectivity index (χ0) is 38.3. The summed E-state index contributed by atoms with van der Waals surface area (Å²) in [5.41, 5.74) is 8.63. The van der Waals surface area contributed by atoms with E-state index in [4.69, 9.17) is 33.2 Å². The third-order valence-corrected chi connectivity index (χ3v) is 11.2. The molecule has 0 spiro atoms. The molecule has 2 aromatic carbocycles. The van der Waals surface area contributed by atoms with Crippen LogP contribution in [0.5, 0.6) is 0 Å². The molecule has 5 aliphatic rings. The van der Waals surface area contributed by atoms with Gasteiger partial charge in [-0.25, -0.2) is 25.0 Å². The van der Waals surface area contributed by atoms with Crippen LogP contribution in [-0.4, -0.2) is 54.4 Å². The van der Waals surface area contributed by atoms with Gasteiger partial charge in [-0.3, -0.25) is 0 Å². The number of allylic oxidation sites excluding steroid dienone is 3. The molecule has 288 valence electrons. The molecule has 2 saturated heterocycles. The number of aromatic nitrogens is 1. The van der Waals surface area contributed by atoms with Crippen LogP contribution in [-0.2, 0) is 0 Å². The Bertz CT molecular complexity index is 2400. The Morgan fingerprint density at radius 1 is 0.632 bits per heavy atom. The van der Waals surface area contributed by atoms with Gasteiger partial charge in [0.25, 0.3) is 5.89 Å². The average Bonchev–Trinajstić information content (AvgIpc) is 3.97. The van der Waals surface area contributed by atoms with Crippen molar-refractivity contribution in [3.05, 3.63) is 119 Å². The molecule has 10 rings (SSSR count). The zero-order valence-electron chi connectivity index (χ0n) is 32.3. The molecule has 0 amide bonds. The molecule has 0 radical (unpaired) electrons. The summed E-state index contributed by atoms with van der Waals surface area (Å²) >= 11 is 0. The van der Waals surface area contributed by atoms with Gasteiger partial charge in [0, 0.05) is 60.8 Å². The standard InChI is InChI=1S/C45H45N9O3/c1-28-9-15-40(56-28)47-38-26-31(53-18-5-3-6-19-53)11-13-33(38)36-24-30-23-35-42(49-36)51-44(45-46-17-22-55-45)52-43(35)50-37(25-30)34-14-12-32(54-20-7-4-8-21-54)27-39(34)48-41-16-10-29(2)57-41/h9-17,22,24-27,35,47-48H,3-8,18-21,23H2,1-2H3. The third-order valence-electron chi connectivity index (χ3n) is 11.2. The van der Waals surface area contributed by atoms with Crippen LogP contribution in [0.1, 0.15) is 73.5 Å². The molecule has 0 saturated carbocycles. The first-order valence-corrected chi connectivity index (χ1v) is 20.1. The van der Waals surface area contributed by atoms with Crippen molar-refractivity contribution in [3.63, 3.8) is 0 Å². The van der Waals surface area contributed by atoms with Crippen LogP contribution in [0.4, 0.5) is 34.5 Å². The second-order valence-electron chi connectivity index (χ2n) is 15.3. The van der Waals surface area contributed by atoms with Crippen LogP contribution in [0.2, 0.25) is 0 Å². The van der Waals surface area contributed by atoms with Crippen LogP contribution in [0.15, 0.2) is 124 Å². The van der Waals surface area contributed by atoms with Crippen LogP contribution in [0.25, 0.3) is 5.70 Å². The summed E-state index contributed by atoms with van der Waals surface area (Å²) in [4.78, 5) is 30.0. The fraction of sp³-hybridized carbons (Fsp3) is 0.311. The largest absolute Gasteiger partial charge is 0.446 e. The van der Waals surface area contributed by atoms with Crippen molar-refractivity contribution in [3.8, 4) is 0 Å². The van der Waals surface area contributed by atoms with Crippen LogP contribution < -0.4 is 20.4 Å². The normalized spacial score (nSPS) is 19.4. The highest BCUT2D eigenvalue weighted by atomic mass is 16.4. The van der Waals surface area contributed by atoms with Crippen molar-refractivity contribution in [2.24, 2.45) is 25.9 Å². The van der Waals surface area contributed by atoms with E-state index in [1.54, 1.807) is 6.20 Å². The number of fused-ring (bicyclic) bond motifs is 1. The number of benzene rings is 2. The van der Waals surface area contributed by atoms with Gasteiger partial charge in [0.2, 0.25) is 5.84 Å². The smallest absolute Gasteiger partial charge is 0.264 e. The van der Waals surface area contributed by atoms with E-state index in [2.05, 4.69) is 74.0 Å². The second kappa shape index (κ2) is 14.9. The minimum atomic E-state index is -0.283. The summed E-state index contributed by atoms with van der Waals surface area (Å²) in [6.07, 6.45) is 15.4. The average molecular weight is 760 g/mol. The highest BCUT2D eigenvalue weighted by Gasteiger charge is 2.34. The van der Waals surface area contributed by atoms with E-state index >= 15 is 0 Å². The van der Waals surface area contributed by atoms with Gasteiger partial charge in [-0.15, -0.1) is 0 Å². The fourth-order valence-corrected chi connectivity index (χ4v) is 8.35. The molecule has 1 unspecified atom stereocenters. The SMILES string of the molecule is Cc1ccc(Nc2cc(N3CCCCC3)ccc2C2=CC3=CC(c4ccc(N5CCCCC5)cc4Nc4ccc(C)o4)=NC4=NC(c5ncco5)=NC(=N2)C4C3)o1. The molecular weight excluding hydrogens is 715 g/mol. The highest BCUT2D eigenvalue weighted by molar-refractivity contribution is 6.27. The Hall–Kier alpha value is -6.43. The number of nitrogens with zero attached hydrogens (tertiary/aromatic N) is 7. The molecule has 5 aliphatic heterocycles. The summed E-state index contributed by atoms with van der Waals surface area (Å²) in [6, 6.07) is 21.1. The maximum absolute atomic E-state index is 6.03. The molecule has 57 heavy (non-hydrogen) atoms. The van der Waals surface area contributed by atoms with Gasteiger partial charge in [-0.2, -0.15) is 0 Å². The van der Waals surface area contributed by atoms with E-state index in [1.165, 1.54) is 56.2 Å². The first-order valence-electron chi connectivity index (χ1n) is 20.1. The molecule has 3 aromatic heterocycles. The van der Waals surface area contributed by atoms with Crippen molar-refractivity contribution >= 4 is 63.4 Å². The molecule has 2 N–H and O–H groups in total. The van der Waals surface area contributed by atoms with E-state index in [9.17, 15) is 0 Å². The number of anilines is 6. The maximum Gasteiger partial charge on any atom is 0.264 e. The second-order valence-corrected chi connectivity index (χ2v) is 15.3. The lowest BCUT2D eigenvalue weighted by Crippen LogP contribution is -2.29. The van der Waals surface area contributed by atoms with Gasteiger partial charge in [-0.05, 0) is 125 Å².